The summed E-state index contributed by atoms with van der Waals surface area (Å²) < 4.78 is 38.5. The molecule has 29 heavy (non-hydrogen) atoms. The molecule has 0 radical (unpaired) electrons. The summed E-state index contributed by atoms with van der Waals surface area (Å²) in [5.74, 6) is 0.131. The Labute approximate surface area is 173 Å². The van der Waals surface area contributed by atoms with E-state index in [-0.39, 0.29) is 24.4 Å². The third-order valence-electron chi connectivity index (χ3n) is 6.04. The first kappa shape index (κ1) is 21.6. The molecule has 0 aliphatic carbocycles. The minimum Gasteiger partial charge on any atom is -0.344 e. The largest absolute Gasteiger partial charge is 0.416 e. The summed E-state index contributed by atoms with van der Waals surface area (Å²) in [6, 6.07) is 6.97. The van der Waals surface area contributed by atoms with E-state index in [2.05, 4.69) is 10.3 Å². The number of carbonyl (C=O) groups is 1. The van der Waals surface area contributed by atoms with Gasteiger partial charge in [0.2, 0.25) is 5.91 Å². The van der Waals surface area contributed by atoms with Crippen molar-refractivity contribution in [3.05, 3.63) is 53.3 Å². The Hall–Kier alpha value is -2.12. The Kier molecular flexibility index (Phi) is 5.66. The number of benzene rings is 1. The Morgan fingerprint density at radius 1 is 1.17 bits per heavy atom. The molecule has 2 aliphatic rings. The molecule has 156 valence electrons. The lowest BCUT2D eigenvalue weighted by atomic mass is 9.95. The van der Waals surface area contributed by atoms with E-state index in [1.807, 2.05) is 20.0 Å². The van der Waals surface area contributed by atoms with Crippen LogP contribution < -0.4 is 5.32 Å². The van der Waals surface area contributed by atoms with Crippen LogP contribution in [0.1, 0.15) is 42.1 Å². The van der Waals surface area contributed by atoms with E-state index >= 15 is 0 Å². The standard InChI is InChI=1S/C21H22F3N3O.ClH/c1-13-16(14-3-5-15(6-4-14)21(22,23)24)8-11-25-18(13)17-7-9-20(26-17)10-12-27(2)19(20)28;/h3-6,8,11,17,26H,7,9-10,12H2,1-2H3;1H/t17-,20-;/m1./s1. The van der Waals surface area contributed by atoms with Crippen molar-refractivity contribution in [1.82, 2.24) is 15.2 Å². The van der Waals surface area contributed by atoms with Gasteiger partial charge in [-0.1, -0.05) is 12.1 Å². The van der Waals surface area contributed by atoms with E-state index < -0.39 is 17.3 Å². The van der Waals surface area contributed by atoms with Gasteiger partial charge >= 0.3 is 6.18 Å². The molecule has 1 aromatic carbocycles. The lowest BCUT2D eigenvalue weighted by Crippen LogP contribution is -2.47. The van der Waals surface area contributed by atoms with Crippen LogP contribution in [0, 0.1) is 6.92 Å². The minimum absolute atomic E-state index is 0. The zero-order valence-corrected chi connectivity index (χ0v) is 17.0. The fraction of sp³-hybridized carbons (Fsp3) is 0.429. The van der Waals surface area contributed by atoms with Gasteiger partial charge in [0.25, 0.3) is 0 Å². The number of likely N-dealkylation sites (N-methyl/N-ethyl adjacent to an activating group) is 1. The van der Waals surface area contributed by atoms with Crippen molar-refractivity contribution < 1.29 is 18.0 Å². The molecule has 2 aromatic rings. The average Bonchev–Trinajstić information content (AvgIpc) is 3.21. The second kappa shape index (κ2) is 7.61. The maximum absolute atomic E-state index is 12.8. The van der Waals surface area contributed by atoms with Crippen molar-refractivity contribution in [1.29, 1.82) is 0 Å². The van der Waals surface area contributed by atoms with Crippen LogP contribution in [0.5, 0.6) is 0 Å². The minimum atomic E-state index is -4.35. The molecule has 1 aromatic heterocycles. The number of alkyl halides is 3. The summed E-state index contributed by atoms with van der Waals surface area (Å²) in [5.41, 5.74) is 2.20. The van der Waals surface area contributed by atoms with Crippen molar-refractivity contribution in [2.45, 2.75) is 43.9 Å². The summed E-state index contributed by atoms with van der Waals surface area (Å²) in [4.78, 5) is 18.8. The number of amides is 1. The van der Waals surface area contributed by atoms with Crippen molar-refractivity contribution in [2.24, 2.45) is 0 Å². The highest BCUT2D eigenvalue weighted by Crippen LogP contribution is 2.40. The highest BCUT2D eigenvalue weighted by atomic mass is 35.5. The van der Waals surface area contributed by atoms with Crippen LogP contribution in [0.2, 0.25) is 0 Å². The fourth-order valence-electron chi connectivity index (χ4n) is 4.43. The normalized spacial score (nSPS) is 24.2. The molecule has 1 amide bonds. The monoisotopic (exact) mass is 425 g/mol. The molecular weight excluding hydrogens is 403 g/mol. The molecule has 2 fully saturated rings. The molecule has 2 saturated heterocycles. The van der Waals surface area contributed by atoms with Crippen LogP contribution in [0.15, 0.2) is 36.5 Å². The number of hydrogen-bond donors (Lipinski definition) is 1. The summed E-state index contributed by atoms with van der Waals surface area (Å²) in [5, 5.41) is 3.51. The van der Waals surface area contributed by atoms with Crippen LogP contribution in [0.4, 0.5) is 13.2 Å². The van der Waals surface area contributed by atoms with Crippen molar-refractivity contribution in [3.8, 4) is 11.1 Å². The molecule has 0 unspecified atom stereocenters. The predicted octanol–water partition coefficient (Wildman–Crippen LogP) is 4.52. The van der Waals surface area contributed by atoms with E-state index in [9.17, 15) is 18.0 Å². The summed E-state index contributed by atoms with van der Waals surface area (Å²) >= 11 is 0. The molecule has 0 saturated carbocycles. The topological polar surface area (TPSA) is 45.2 Å². The number of nitrogens with one attached hydrogen (secondary N) is 1. The first-order chi connectivity index (χ1) is 13.2. The molecule has 2 aliphatic heterocycles. The van der Waals surface area contributed by atoms with Gasteiger partial charge in [-0.2, -0.15) is 13.2 Å². The first-order valence-electron chi connectivity index (χ1n) is 9.38. The SMILES string of the molecule is Cc1c(-c2ccc(C(F)(F)F)cc2)ccnc1[C@H]1CC[C@]2(CCN(C)C2=O)N1.Cl. The van der Waals surface area contributed by atoms with Gasteiger partial charge in [-0.3, -0.25) is 15.1 Å². The number of aromatic nitrogens is 1. The molecule has 1 spiro atoms. The van der Waals surface area contributed by atoms with Crippen molar-refractivity contribution in [3.63, 3.8) is 0 Å². The van der Waals surface area contributed by atoms with Gasteiger partial charge in [0.1, 0.15) is 5.54 Å². The molecule has 8 heteroatoms. The van der Waals surface area contributed by atoms with Gasteiger partial charge in [0, 0.05) is 19.8 Å². The predicted molar refractivity (Wildman–Crippen MR) is 107 cm³/mol. The van der Waals surface area contributed by atoms with E-state index in [1.54, 1.807) is 11.1 Å². The maximum atomic E-state index is 12.8. The highest BCUT2D eigenvalue weighted by molar-refractivity contribution is 5.88. The Balaban J connectivity index is 0.00000240. The van der Waals surface area contributed by atoms with E-state index in [4.69, 9.17) is 0 Å². The van der Waals surface area contributed by atoms with E-state index in [1.165, 1.54) is 12.1 Å². The fourth-order valence-corrected chi connectivity index (χ4v) is 4.43. The second-order valence-electron chi connectivity index (χ2n) is 7.74. The van der Waals surface area contributed by atoms with Gasteiger partial charge in [0.05, 0.1) is 17.3 Å². The summed E-state index contributed by atoms with van der Waals surface area (Å²) in [6.07, 6.45) is -0.294. The third-order valence-corrected chi connectivity index (χ3v) is 6.04. The van der Waals surface area contributed by atoms with Gasteiger partial charge in [-0.25, -0.2) is 0 Å². The average molecular weight is 426 g/mol. The molecular formula is C21H23ClF3N3O. The molecule has 1 N–H and O–H groups in total. The van der Waals surface area contributed by atoms with Crippen LogP contribution in [-0.2, 0) is 11.0 Å². The van der Waals surface area contributed by atoms with Crippen LogP contribution in [-0.4, -0.2) is 34.9 Å². The molecule has 4 nitrogen and oxygen atoms in total. The van der Waals surface area contributed by atoms with Gasteiger partial charge in [0.15, 0.2) is 0 Å². The zero-order chi connectivity index (χ0) is 20.1. The molecule has 3 heterocycles. The zero-order valence-electron chi connectivity index (χ0n) is 16.2. The smallest absolute Gasteiger partial charge is 0.344 e. The lowest BCUT2D eigenvalue weighted by Gasteiger charge is -2.24. The number of carbonyl (C=O) groups excluding carboxylic acids is 1. The van der Waals surface area contributed by atoms with Crippen LogP contribution in [0.3, 0.4) is 0 Å². The van der Waals surface area contributed by atoms with Crippen LogP contribution >= 0.6 is 12.4 Å². The number of hydrogen-bond acceptors (Lipinski definition) is 3. The van der Waals surface area contributed by atoms with Gasteiger partial charge in [-0.15, -0.1) is 12.4 Å². The Morgan fingerprint density at radius 2 is 1.86 bits per heavy atom. The van der Waals surface area contributed by atoms with E-state index in [0.29, 0.717) is 0 Å². The highest BCUT2D eigenvalue weighted by Gasteiger charge is 2.50. The van der Waals surface area contributed by atoms with Crippen molar-refractivity contribution in [2.75, 3.05) is 13.6 Å². The Bertz CT molecular complexity index is 916. The third kappa shape index (κ3) is 3.73. The van der Waals surface area contributed by atoms with Gasteiger partial charge < -0.3 is 4.90 Å². The number of nitrogens with zero attached hydrogens (tertiary/aromatic N) is 2. The summed E-state index contributed by atoms with van der Waals surface area (Å²) in [7, 11) is 1.82. The molecule has 2 atom stereocenters. The van der Waals surface area contributed by atoms with Crippen molar-refractivity contribution >= 4 is 18.3 Å². The quantitative estimate of drug-likeness (QED) is 0.769. The number of likely N-dealkylation sites (tertiary alicyclic amines) is 1. The molecule has 0 bridgehead atoms. The number of rotatable bonds is 2. The number of pyridine rings is 1. The van der Waals surface area contributed by atoms with Crippen LogP contribution in [0.25, 0.3) is 11.1 Å². The van der Waals surface area contributed by atoms with Gasteiger partial charge in [-0.05, 0) is 61.1 Å². The maximum Gasteiger partial charge on any atom is 0.416 e. The number of halogens is 4. The second-order valence-corrected chi connectivity index (χ2v) is 7.74. The lowest BCUT2D eigenvalue weighted by molar-refractivity contribution is -0.137. The molecule has 4 rings (SSSR count). The first-order valence-corrected chi connectivity index (χ1v) is 9.38. The Morgan fingerprint density at radius 3 is 2.45 bits per heavy atom. The van der Waals surface area contributed by atoms with E-state index in [0.717, 1.165) is 60.3 Å². The summed E-state index contributed by atoms with van der Waals surface area (Å²) in [6.45, 7) is 2.68.